The van der Waals surface area contributed by atoms with Gasteiger partial charge in [-0.2, -0.15) is 60.7 Å². The van der Waals surface area contributed by atoms with Gasteiger partial charge in [0.1, 0.15) is 12.2 Å². The standard InChI is InChI=1S/C20H20O3.2C5H5.2Fe/c1-3-19(17-13-21-17,15-9-5-6-10-15)23-20(4-2,18-14-22-18)16-11-7-8-12-16;2*1-2-4-5-3-1;;/h3-12,17-18H,1-2,13-14H2;2*1-5H;;/q-2;2*-1;2*+2. The van der Waals surface area contributed by atoms with Gasteiger partial charge in [-0.1, -0.05) is 12.2 Å². The molecule has 4 aromatic carbocycles. The Bertz CT molecular complexity index is 923. The van der Waals surface area contributed by atoms with Gasteiger partial charge in [-0.15, -0.1) is 24.3 Å². The van der Waals surface area contributed by atoms with Gasteiger partial charge in [-0.25, -0.2) is 48.5 Å². The minimum absolute atomic E-state index is 0. The van der Waals surface area contributed by atoms with E-state index in [1.807, 2.05) is 97.1 Å². The molecule has 2 aliphatic rings. The van der Waals surface area contributed by atoms with Gasteiger partial charge < -0.3 is 14.2 Å². The molecule has 2 saturated heterocycles. The van der Waals surface area contributed by atoms with Crippen LogP contribution >= 0.6 is 0 Å². The van der Waals surface area contributed by atoms with Crippen molar-refractivity contribution in [3.8, 4) is 0 Å². The molecule has 0 bridgehead atoms. The van der Waals surface area contributed by atoms with Crippen molar-refractivity contribution in [2.45, 2.75) is 23.4 Å². The van der Waals surface area contributed by atoms with Crippen molar-refractivity contribution in [1.29, 1.82) is 0 Å². The van der Waals surface area contributed by atoms with Crippen LogP contribution in [0.1, 0.15) is 11.1 Å². The molecule has 4 atom stereocenters. The SMILES string of the molecule is C=CC(OC(C=C)([c-]1cccc1)C1CO1)([c-]1cccc1)C1CO1.[Fe+2].[Fe+2].c1cc[cH-]c1.c1cc[cH-]c1. The van der Waals surface area contributed by atoms with Crippen LogP contribution in [0.4, 0.5) is 0 Å². The summed E-state index contributed by atoms with van der Waals surface area (Å²) in [7, 11) is 0. The molecule has 0 N–H and O–H groups in total. The van der Waals surface area contributed by atoms with Crippen molar-refractivity contribution in [2.75, 3.05) is 13.2 Å². The zero-order chi connectivity index (χ0) is 23.0. The summed E-state index contributed by atoms with van der Waals surface area (Å²) in [5, 5.41) is 0. The van der Waals surface area contributed by atoms with Gasteiger partial charge in [0.2, 0.25) is 0 Å². The van der Waals surface area contributed by atoms with Gasteiger partial charge >= 0.3 is 34.1 Å². The number of ether oxygens (including phenoxy) is 3. The average molecular weight is 550 g/mol. The molecule has 0 aromatic heterocycles. The van der Waals surface area contributed by atoms with E-state index >= 15 is 0 Å². The minimum Gasteiger partial charge on any atom is -0.370 e. The van der Waals surface area contributed by atoms with Crippen molar-refractivity contribution in [2.24, 2.45) is 0 Å². The maximum absolute atomic E-state index is 6.77. The second-order valence-electron chi connectivity index (χ2n) is 8.01. The summed E-state index contributed by atoms with van der Waals surface area (Å²) in [5.41, 5.74) is 0.684. The Kier molecular flexibility index (Phi) is 11.4. The fourth-order valence-corrected chi connectivity index (χ4v) is 3.98. The van der Waals surface area contributed by atoms with Crippen molar-refractivity contribution in [3.63, 3.8) is 0 Å². The Morgan fingerprint density at radius 1 is 0.657 bits per heavy atom. The fourth-order valence-electron chi connectivity index (χ4n) is 3.98. The van der Waals surface area contributed by atoms with Crippen molar-refractivity contribution in [1.82, 2.24) is 0 Å². The van der Waals surface area contributed by atoms with E-state index in [0.717, 1.165) is 11.1 Å². The van der Waals surface area contributed by atoms with E-state index in [1.165, 1.54) is 0 Å². The van der Waals surface area contributed by atoms with Crippen LogP contribution in [0.3, 0.4) is 0 Å². The second-order valence-corrected chi connectivity index (χ2v) is 8.01. The zero-order valence-electron chi connectivity index (χ0n) is 19.5. The monoisotopic (exact) mass is 550 g/mol. The van der Waals surface area contributed by atoms with Gasteiger partial charge in [-0.05, 0) is 0 Å². The van der Waals surface area contributed by atoms with Gasteiger partial charge in [0.25, 0.3) is 0 Å². The van der Waals surface area contributed by atoms with Crippen LogP contribution in [-0.4, -0.2) is 25.4 Å². The van der Waals surface area contributed by atoms with Gasteiger partial charge in [0.15, 0.2) is 0 Å². The predicted octanol–water partition coefficient (Wildman–Crippen LogP) is 6.21. The summed E-state index contributed by atoms with van der Waals surface area (Å²) < 4.78 is 18.0. The Labute approximate surface area is 229 Å². The summed E-state index contributed by atoms with van der Waals surface area (Å²) in [5.74, 6) is 0. The molecule has 6 rings (SSSR count). The largest absolute Gasteiger partial charge is 2.00 e. The molecule has 184 valence electrons. The van der Waals surface area contributed by atoms with E-state index < -0.39 is 11.2 Å². The Hall–Kier alpha value is -2.20. The molecule has 4 aromatic rings. The topological polar surface area (TPSA) is 34.3 Å². The first-order chi connectivity index (χ1) is 16.2. The van der Waals surface area contributed by atoms with Crippen LogP contribution in [0, 0.1) is 0 Å². The van der Waals surface area contributed by atoms with Crippen molar-refractivity contribution in [3.05, 3.63) is 146 Å². The average Bonchev–Trinajstić information content (AvgIpc) is 3.51. The molecule has 3 nitrogen and oxygen atoms in total. The van der Waals surface area contributed by atoms with E-state index in [2.05, 4.69) is 37.4 Å². The molecule has 0 radical (unpaired) electrons. The molecular formula is C30H30Fe2O3. The fraction of sp³-hybridized carbons (Fsp3) is 0.200. The number of rotatable bonds is 8. The maximum atomic E-state index is 6.77. The van der Waals surface area contributed by atoms with Crippen LogP contribution in [0.15, 0.2) is 135 Å². The van der Waals surface area contributed by atoms with Crippen LogP contribution in [0.25, 0.3) is 0 Å². The smallest absolute Gasteiger partial charge is 0.370 e. The molecule has 0 saturated carbocycles. The summed E-state index contributed by atoms with van der Waals surface area (Å²) in [6, 6.07) is 36.2. The quantitative estimate of drug-likeness (QED) is 0.113. The first-order valence-corrected chi connectivity index (χ1v) is 11.2. The van der Waals surface area contributed by atoms with Crippen molar-refractivity contribution < 1.29 is 48.3 Å². The summed E-state index contributed by atoms with van der Waals surface area (Å²) in [6.07, 6.45) is 3.64. The van der Waals surface area contributed by atoms with Crippen LogP contribution in [0.5, 0.6) is 0 Å². The summed E-state index contributed by atoms with van der Waals surface area (Å²) in [6.45, 7) is 9.43. The van der Waals surface area contributed by atoms with E-state index in [9.17, 15) is 0 Å². The zero-order valence-corrected chi connectivity index (χ0v) is 21.7. The van der Waals surface area contributed by atoms with E-state index in [-0.39, 0.29) is 46.3 Å². The second kappa shape index (κ2) is 13.8. The van der Waals surface area contributed by atoms with E-state index in [4.69, 9.17) is 14.2 Å². The molecule has 2 fully saturated rings. The molecule has 4 unspecified atom stereocenters. The first kappa shape index (κ1) is 29.0. The third-order valence-corrected chi connectivity index (χ3v) is 5.91. The third-order valence-electron chi connectivity index (χ3n) is 5.91. The van der Waals surface area contributed by atoms with Gasteiger partial charge in [-0.3, -0.25) is 0 Å². The number of hydrogen-bond acceptors (Lipinski definition) is 3. The molecule has 2 aliphatic heterocycles. The van der Waals surface area contributed by atoms with Gasteiger partial charge in [0.05, 0.1) is 24.4 Å². The van der Waals surface area contributed by atoms with Gasteiger partial charge in [0, 0.05) is 0 Å². The summed E-state index contributed by atoms with van der Waals surface area (Å²) >= 11 is 0. The number of epoxide rings is 2. The molecular weight excluding hydrogens is 520 g/mol. The van der Waals surface area contributed by atoms with E-state index in [1.54, 1.807) is 0 Å². The molecule has 5 heteroatoms. The maximum Gasteiger partial charge on any atom is 2.00 e. The third kappa shape index (κ3) is 6.94. The van der Waals surface area contributed by atoms with Crippen molar-refractivity contribution >= 4 is 0 Å². The summed E-state index contributed by atoms with van der Waals surface area (Å²) in [4.78, 5) is 0. The first-order valence-electron chi connectivity index (χ1n) is 11.2. The number of hydrogen-bond donors (Lipinski definition) is 0. The molecule has 2 heterocycles. The molecule has 35 heavy (non-hydrogen) atoms. The molecule has 0 amide bonds. The molecule has 0 spiro atoms. The Balaban J connectivity index is 0.000000300. The minimum atomic E-state index is -0.707. The molecule has 0 aliphatic carbocycles. The van der Waals surface area contributed by atoms with E-state index in [0.29, 0.717) is 13.2 Å². The van der Waals surface area contributed by atoms with Crippen LogP contribution in [-0.2, 0) is 59.6 Å². The van der Waals surface area contributed by atoms with Crippen LogP contribution < -0.4 is 0 Å². The normalized spacial score (nSPS) is 20.5. The Morgan fingerprint density at radius 2 is 0.971 bits per heavy atom. The Morgan fingerprint density at radius 3 is 1.17 bits per heavy atom. The predicted molar refractivity (Wildman–Crippen MR) is 132 cm³/mol. The van der Waals surface area contributed by atoms with Crippen LogP contribution in [0.2, 0.25) is 0 Å².